The molecule has 0 aliphatic heterocycles. The SMILES string of the molecule is CCOC(=O)CN(CC)C(=O)Nc1cnn(CC(=O)O)c1. The summed E-state index contributed by atoms with van der Waals surface area (Å²) in [4.78, 5) is 35.1. The minimum Gasteiger partial charge on any atom is -0.480 e. The molecular weight excluding hydrogens is 280 g/mol. The highest BCUT2D eigenvalue weighted by Gasteiger charge is 2.17. The van der Waals surface area contributed by atoms with Crippen LogP contribution in [0.3, 0.4) is 0 Å². The van der Waals surface area contributed by atoms with Crippen molar-refractivity contribution in [1.82, 2.24) is 14.7 Å². The van der Waals surface area contributed by atoms with Crippen LogP contribution in [0.25, 0.3) is 0 Å². The molecule has 0 radical (unpaired) electrons. The summed E-state index contributed by atoms with van der Waals surface area (Å²) in [5.41, 5.74) is 0.351. The molecule has 9 nitrogen and oxygen atoms in total. The third-order valence-electron chi connectivity index (χ3n) is 2.48. The Balaban J connectivity index is 2.59. The molecule has 116 valence electrons. The van der Waals surface area contributed by atoms with Gasteiger partial charge in [-0.15, -0.1) is 0 Å². The molecule has 0 bridgehead atoms. The molecule has 0 aliphatic rings. The summed E-state index contributed by atoms with van der Waals surface area (Å²) in [6, 6.07) is -0.486. The minimum atomic E-state index is -1.03. The number of esters is 1. The molecule has 0 saturated heterocycles. The van der Waals surface area contributed by atoms with E-state index in [9.17, 15) is 14.4 Å². The van der Waals surface area contributed by atoms with Gasteiger partial charge in [-0.1, -0.05) is 0 Å². The molecule has 0 atom stereocenters. The van der Waals surface area contributed by atoms with Crippen LogP contribution < -0.4 is 5.32 Å². The smallest absolute Gasteiger partial charge is 0.325 e. The maximum absolute atomic E-state index is 12.0. The number of carbonyl (C=O) groups is 3. The normalized spacial score (nSPS) is 10.0. The molecule has 0 aliphatic carbocycles. The third kappa shape index (κ3) is 5.51. The van der Waals surface area contributed by atoms with Crippen LogP contribution in [-0.4, -0.2) is 57.5 Å². The number of aromatic nitrogens is 2. The number of nitrogens with zero attached hydrogens (tertiary/aromatic N) is 3. The van der Waals surface area contributed by atoms with Gasteiger partial charge in [0, 0.05) is 12.7 Å². The second-order valence-electron chi connectivity index (χ2n) is 4.07. The lowest BCUT2D eigenvalue weighted by molar-refractivity contribution is -0.143. The molecule has 0 unspecified atom stereocenters. The number of aliphatic carboxylic acids is 1. The molecule has 0 saturated carbocycles. The molecule has 1 heterocycles. The first-order chi connectivity index (χ1) is 9.96. The number of amides is 2. The highest BCUT2D eigenvalue weighted by molar-refractivity contribution is 5.91. The number of anilines is 1. The molecule has 0 spiro atoms. The standard InChI is InChI=1S/C12H18N4O5/c1-3-15(8-11(19)21-4-2)12(20)14-9-5-13-16(6-9)7-10(17)18/h5-6H,3-4,7-8H2,1-2H3,(H,14,20)(H,17,18). The molecule has 1 aromatic heterocycles. The Morgan fingerprint density at radius 1 is 1.43 bits per heavy atom. The summed E-state index contributed by atoms with van der Waals surface area (Å²) in [5.74, 6) is -1.52. The van der Waals surface area contributed by atoms with E-state index in [1.54, 1.807) is 13.8 Å². The predicted molar refractivity (Wildman–Crippen MR) is 72.8 cm³/mol. The Morgan fingerprint density at radius 2 is 2.14 bits per heavy atom. The molecule has 2 N–H and O–H groups in total. The summed E-state index contributed by atoms with van der Waals surface area (Å²) >= 11 is 0. The van der Waals surface area contributed by atoms with Crippen molar-refractivity contribution in [2.45, 2.75) is 20.4 Å². The number of carboxylic acids is 1. The van der Waals surface area contributed by atoms with Gasteiger partial charge >= 0.3 is 18.0 Å². The molecule has 2 amide bonds. The Labute approximate surface area is 121 Å². The average molecular weight is 298 g/mol. The Kier molecular flexibility index (Phi) is 6.18. The van der Waals surface area contributed by atoms with Crippen LogP contribution in [0.1, 0.15) is 13.8 Å². The van der Waals surface area contributed by atoms with Crippen molar-refractivity contribution in [3.8, 4) is 0 Å². The highest BCUT2D eigenvalue weighted by atomic mass is 16.5. The van der Waals surface area contributed by atoms with Gasteiger partial charge in [0.25, 0.3) is 0 Å². The van der Waals surface area contributed by atoms with E-state index in [2.05, 4.69) is 10.4 Å². The molecule has 1 rings (SSSR count). The van der Waals surface area contributed by atoms with Gasteiger partial charge in [-0.05, 0) is 13.8 Å². The maximum atomic E-state index is 12.0. The van der Waals surface area contributed by atoms with E-state index in [4.69, 9.17) is 9.84 Å². The minimum absolute atomic E-state index is 0.153. The zero-order valence-electron chi connectivity index (χ0n) is 11.9. The van der Waals surface area contributed by atoms with Crippen molar-refractivity contribution in [3.05, 3.63) is 12.4 Å². The Morgan fingerprint density at radius 3 is 2.71 bits per heavy atom. The van der Waals surface area contributed by atoms with Gasteiger partial charge in [-0.25, -0.2) is 4.79 Å². The van der Waals surface area contributed by atoms with Gasteiger partial charge in [0.15, 0.2) is 0 Å². The van der Waals surface area contributed by atoms with E-state index < -0.39 is 18.0 Å². The number of rotatable bonds is 7. The fourth-order valence-electron chi connectivity index (χ4n) is 1.55. The molecule has 0 fully saturated rings. The number of likely N-dealkylation sites (N-methyl/N-ethyl adjacent to an activating group) is 1. The lowest BCUT2D eigenvalue weighted by Gasteiger charge is -2.19. The van der Waals surface area contributed by atoms with E-state index in [0.29, 0.717) is 12.2 Å². The van der Waals surface area contributed by atoms with Crippen molar-refractivity contribution in [3.63, 3.8) is 0 Å². The largest absolute Gasteiger partial charge is 0.480 e. The molecular formula is C12H18N4O5. The summed E-state index contributed by atoms with van der Waals surface area (Å²) < 4.78 is 5.96. The van der Waals surface area contributed by atoms with Crippen LogP contribution in [0, 0.1) is 0 Å². The second kappa shape index (κ2) is 7.88. The molecule has 1 aromatic rings. The Hall–Kier alpha value is -2.58. The number of nitrogens with one attached hydrogen (secondary N) is 1. The number of urea groups is 1. The number of hydrogen-bond acceptors (Lipinski definition) is 5. The lowest BCUT2D eigenvalue weighted by Crippen LogP contribution is -2.39. The first kappa shape index (κ1) is 16.5. The van der Waals surface area contributed by atoms with Gasteiger partial charge in [-0.2, -0.15) is 5.10 Å². The Bertz CT molecular complexity index is 514. The van der Waals surface area contributed by atoms with Gasteiger partial charge in [0.05, 0.1) is 18.5 Å². The fraction of sp³-hybridized carbons (Fsp3) is 0.500. The van der Waals surface area contributed by atoms with Gasteiger partial charge < -0.3 is 20.1 Å². The van der Waals surface area contributed by atoms with Crippen molar-refractivity contribution >= 4 is 23.7 Å². The topological polar surface area (TPSA) is 114 Å². The number of ether oxygens (including phenoxy) is 1. The summed E-state index contributed by atoms with van der Waals surface area (Å²) in [7, 11) is 0. The molecule has 21 heavy (non-hydrogen) atoms. The van der Waals surface area contributed by atoms with Gasteiger partial charge in [-0.3, -0.25) is 14.3 Å². The van der Waals surface area contributed by atoms with Crippen molar-refractivity contribution < 1.29 is 24.2 Å². The third-order valence-corrected chi connectivity index (χ3v) is 2.48. The van der Waals surface area contributed by atoms with Gasteiger partial charge in [0.2, 0.25) is 0 Å². The molecule has 9 heteroatoms. The van der Waals surface area contributed by atoms with E-state index in [1.165, 1.54) is 22.0 Å². The number of hydrogen-bond donors (Lipinski definition) is 2. The van der Waals surface area contributed by atoms with Crippen molar-refractivity contribution in [1.29, 1.82) is 0 Å². The van der Waals surface area contributed by atoms with Crippen LogP contribution in [0.2, 0.25) is 0 Å². The first-order valence-corrected chi connectivity index (χ1v) is 6.42. The quantitative estimate of drug-likeness (QED) is 0.704. The fourth-order valence-corrected chi connectivity index (χ4v) is 1.55. The van der Waals surface area contributed by atoms with Crippen LogP contribution in [0.15, 0.2) is 12.4 Å². The monoisotopic (exact) mass is 298 g/mol. The maximum Gasteiger partial charge on any atom is 0.325 e. The van der Waals surface area contributed by atoms with E-state index in [0.717, 1.165) is 0 Å². The average Bonchev–Trinajstić information content (AvgIpc) is 2.82. The van der Waals surface area contributed by atoms with Crippen molar-refractivity contribution in [2.75, 3.05) is 25.0 Å². The second-order valence-corrected chi connectivity index (χ2v) is 4.07. The summed E-state index contributed by atoms with van der Waals surface area (Å²) in [5, 5.41) is 15.0. The van der Waals surface area contributed by atoms with Crippen LogP contribution >= 0.6 is 0 Å². The van der Waals surface area contributed by atoms with E-state index in [-0.39, 0.29) is 19.7 Å². The van der Waals surface area contributed by atoms with E-state index >= 15 is 0 Å². The van der Waals surface area contributed by atoms with Crippen LogP contribution in [0.5, 0.6) is 0 Å². The van der Waals surface area contributed by atoms with Gasteiger partial charge in [0.1, 0.15) is 13.1 Å². The summed E-state index contributed by atoms with van der Waals surface area (Å²) in [6.07, 6.45) is 2.73. The molecule has 0 aromatic carbocycles. The van der Waals surface area contributed by atoms with Crippen LogP contribution in [-0.2, 0) is 20.9 Å². The van der Waals surface area contributed by atoms with Crippen LogP contribution in [0.4, 0.5) is 10.5 Å². The predicted octanol–water partition coefficient (Wildman–Crippen LogP) is 0.385. The zero-order valence-corrected chi connectivity index (χ0v) is 11.9. The number of carbonyl (C=O) groups excluding carboxylic acids is 2. The number of carboxylic acid groups (broad SMARTS) is 1. The van der Waals surface area contributed by atoms with E-state index in [1.807, 2.05) is 0 Å². The zero-order chi connectivity index (χ0) is 15.8. The lowest BCUT2D eigenvalue weighted by atomic mass is 10.5. The van der Waals surface area contributed by atoms with Crippen molar-refractivity contribution in [2.24, 2.45) is 0 Å². The highest BCUT2D eigenvalue weighted by Crippen LogP contribution is 2.06. The summed E-state index contributed by atoms with van der Waals surface area (Å²) in [6.45, 7) is 3.54. The first-order valence-electron chi connectivity index (χ1n) is 6.42.